The SMILES string of the molecule is CCCC1CCC(NC(=O)c2ccc(O)cc2C)CC1. The fourth-order valence-electron chi connectivity index (χ4n) is 3.17. The third kappa shape index (κ3) is 3.75. The Hall–Kier alpha value is -1.51. The first kappa shape index (κ1) is 14.9. The maximum Gasteiger partial charge on any atom is 0.251 e. The lowest BCUT2D eigenvalue weighted by Crippen LogP contribution is -2.37. The Morgan fingerprint density at radius 1 is 1.30 bits per heavy atom. The van der Waals surface area contributed by atoms with Gasteiger partial charge in [-0.3, -0.25) is 4.79 Å². The van der Waals surface area contributed by atoms with E-state index in [0.29, 0.717) is 11.6 Å². The molecule has 0 radical (unpaired) electrons. The molecule has 0 unspecified atom stereocenters. The van der Waals surface area contributed by atoms with Crippen molar-refractivity contribution in [2.75, 3.05) is 0 Å². The van der Waals surface area contributed by atoms with Gasteiger partial charge in [-0.05, 0) is 62.3 Å². The highest BCUT2D eigenvalue weighted by Crippen LogP contribution is 2.28. The molecule has 3 nitrogen and oxygen atoms in total. The molecule has 1 fully saturated rings. The van der Waals surface area contributed by atoms with Crippen LogP contribution < -0.4 is 5.32 Å². The van der Waals surface area contributed by atoms with Crippen LogP contribution in [0.2, 0.25) is 0 Å². The van der Waals surface area contributed by atoms with Crippen LogP contribution in [0.1, 0.15) is 61.4 Å². The molecule has 1 amide bonds. The van der Waals surface area contributed by atoms with Gasteiger partial charge in [0.05, 0.1) is 0 Å². The summed E-state index contributed by atoms with van der Waals surface area (Å²) < 4.78 is 0. The van der Waals surface area contributed by atoms with Crippen LogP contribution in [-0.2, 0) is 0 Å². The topological polar surface area (TPSA) is 49.3 Å². The van der Waals surface area contributed by atoms with Crippen molar-refractivity contribution in [1.29, 1.82) is 0 Å². The van der Waals surface area contributed by atoms with Crippen LogP contribution in [0, 0.1) is 12.8 Å². The number of phenols is 1. The minimum Gasteiger partial charge on any atom is -0.508 e. The van der Waals surface area contributed by atoms with Crippen molar-refractivity contribution >= 4 is 5.91 Å². The Bertz CT molecular complexity index is 462. The highest BCUT2D eigenvalue weighted by molar-refractivity contribution is 5.95. The molecule has 1 aliphatic carbocycles. The molecule has 0 aliphatic heterocycles. The van der Waals surface area contributed by atoms with Gasteiger partial charge in [0, 0.05) is 11.6 Å². The first-order chi connectivity index (χ1) is 9.60. The summed E-state index contributed by atoms with van der Waals surface area (Å²) in [6, 6.07) is 5.21. The van der Waals surface area contributed by atoms with Gasteiger partial charge in [-0.15, -0.1) is 0 Å². The van der Waals surface area contributed by atoms with E-state index in [1.165, 1.54) is 25.7 Å². The molecule has 1 aliphatic rings. The Kier molecular flexibility index (Phi) is 5.05. The number of amides is 1. The molecular weight excluding hydrogens is 250 g/mol. The minimum atomic E-state index is -0.0126. The fourth-order valence-corrected chi connectivity index (χ4v) is 3.17. The quantitative estimate of drug-likeness (QED) is 0.878. The molecule has 20 heavy (non-hydrogen) atoms. The summed E-state index contributed by atoms with van der Waals surface area (Å²) in [5.74, 6) is 1.05. The van der Waals surface area contributed by atoms with Crippen LogP contribution in [0.3, 0.4) is 0 Å². The standard InChI is InChI=1S/C17H25NO2/c1-3-4-13-5-7-14(8-6-13)18-17(20)16-10-9-15(19)11-12(16)2/h9-11,13-14,19H,3-8H2,1-2H3,(H,18,20). The smallest absolute Gasteiger partial charge is 0.251 e. The normalized spacial score (nSPS) is 22.5. The molecule has 2 rings (SSSR count). The maximum absolute atomic E-state index is 12.3. The van der Waals surface area contributed by atoms with Gasteiger partial charge >= 0.3 is 0 Å². The zero-order valence-corrected chi connectivity index (χ0v) is 12.5. The van der Waals surface area contributed by atoms with Gasteiger partial charge in [0.15, 0.2) is 0 Å². The predicted octanol–water partition coefficient (Wildman–Crippen LogP) is 3.79. The fraction of sp³-hybridized carbons (Fsp3) is 0.588. The van der Waals surface area contributed by atoms with E-state index < -0.39 is 0 Å². The molecule has 1 aromatic rings. The van der Waals surface area contributed by atoms with E-state index in [1.54, 1.807) is 18.2 Å². The molecule has 0 heterocycles. The lowest BCUT2D eigenvalue weighted by Gasteiger charge is -2.29. The van der Waals surface area contributed by atoms with Crippen molar-refractivity contribution in [2.24, 2.45) is 5.92 Å². The molecule has 0 aromatic heterocycles. The summed E-state index contributed by atoms with van der Waals surface area (Å²) >= 11 is 0. The molecule has 0 saturated heterocycles. The molecule has 0 bridgehead atoms. The monoisotopic (exact) mass is 275 g/mol. The maximum atomic E-state index is 12.3. The van der Waals surface area contributed by atoms with Crippen molar-refractivity contribution in [2.45, 2.75) is 58.4 Å². The zero-order chi connectivity index (χ0) is 14.5. The number of aromatic hydroxyl groups is 1. The Balaban J connectivity index is 1.89. The second-order valence-electron chi connectivity index (χ2n) is 5.98. The molecular formula is C17H25NO2. The molecule has 1 aromatic carbocycles. The Labute approximate surface area is 121 Å². The average Bonchev–Trinajstić information content (AvgIpc) is 2.41. The summed E-state index contributed by atoms with van der Waals surface area (Å²) in [4.78, 5) is 12.3. The van der Waals surface area contributed by atoms with E-state index in [9.17, 15) is 9.90 Å². The van der Waals surface area contributed by atoms with Gasteiger partial charge in [-0.25, -0.2) is 0 Å². The third-order valence-corrected chi connectivity index (χ3v) is 4.33. The van der Waals surface area contributed by atoms with E-state index in [2.05, 4.69) is 12.2 Å². The van der Waals surface area contributed by atoms with E-state index in [-0.39, 0.29) is 11.7 Å². The third-order valence-electron chi connectivity index (χ3n) is 4.33. The van der Waals surface area contributed by atoms with Crippen LogP contribution in [0.5, 0.6) is 5.75 Å². The number of benzene rings is 1. The number of nitrogens with one attached hydrogen (secondary N) is 1. The number of hydrogen-bond donors (Lipinski definition) is 2. The van der Waals surface area contributed by atoms with Crippen molar-refractivity contribution in [3.63, 3.8) is 0 Å². The van der Waals surface area contributed by atoms with Crippen LogP contribution in [0.4, 0.5) is 0 Å². The number of rotatable bonds is 4. The largest absolute Gasteiger partial charge is 0.508 e. The van der Waals surface area contributed by atoms with Gasteiger partial charge < -0.3 is 10.4 Å². The number of aryl methyl sites for hydroxylation is 1. The van der Waals surface area contributed by atoms with Gasteiger partial charge in [-0.2, -0.15) is 0 Å². The Morgan fingerprint density at radius 2 is 2.00 bits per heavy atom. The van der Waals surface area contributed by atoms with Crippen molar-refractivity contribution < 1.29 is 9.90 Å². The van der Waals surface area contributed by atoms with E-state index in [1.807, 2.05) is 6.92 Å². The van der Waals surface area contributed by atoms with Crippen molar-refractivity contribution in [3.05, 3.63) is 29.3 Å². The van der Waals surface area contributed by atoms with E-state index in [4.69, 9.17) is 0 Å². The summed E-state index contributed by atoms with van der Waals surface area (Å²) in [7, 11) is 0. The second-order valence-corrected chi connectivity index (χ2v) is 5.98. The highest BCUT2D eigenvalue weighted by atomic mass is 16.3. The highest BCUT2D eigenvalue weighted by Gasteiger charge is 2.22. The molecule has 3 heteroatoms. The first-order valence-electron chi connectivity index (χ1n) is 7.70. The number of carbonyl (C=O) groups excluding carboxylic acids is 1. The summed E-state index contributed by atoms with van der Waals surface area (Å²) in [6.07, 6.45) is 7.22. The van der Waals surface area contributed by atoms with Crippen LogP contribution in [0.25, 0.3) is 0 Å². The predicted molar refractivity (Wildman–Crippen MR) is 81.0 cm³/mol. The lowest BCUT2D eigenvalue weighted by molar-refractivity contribution is 0.0920. The summed E-state index contributed by atoms with van der Waals surface area (Å²) in [6.45, 7) is 4.09. The summed E-state index contributed by atoms with van der Waals surface area (Å²) in [5, 5.41) is 12.5. The first-order valence-corrected chi connectivity index (χ1v) is 7.70. The van der Waals surface area contributed by atoms with Crippen LogP contribution in [-0.4, -0.2) is 17.1 Å². The molecule has 0 spiro atoms. The molecule has 1 saturated carbocycles. The van der Waals surface area contributed by atoms with Crippen molar-refractivity contribution in [3.8, 4) is 5.75 Å². The van der Waals surface area contributed by atoms with Crippen molar-refractivity contribution in [1.82, 2.24) is 5.32 Å². The molecule has 2 N–H and O–H groups in total. The average molecular weight is 275 g/mol. The van der Waals surface area contributed by atoms with Gasteiger partial charge in [-0.1, -0.05) is 19.8 Å². The van der Waals surface area contributed by atoms with Crippen LogP contribution >= 0.6 is 0 Å². The van der Waals surface area contributed by atoms with Crippen LogP contribution in [0.15, 0.2) is 18.2 Å². The number of carbonyl (C=O) groups is 1. The lowest BCUT2D eigenvalue weighted by atomic mass is 9.83. The van der Waals surface area contributed by atoms with E-state index >= 15 is 0 Å². The van der Waals surface area contributed by atoms with Gasteiger partial charge in [0.25, 0.3) is 5.91 Å². The zero-order valence-electron chi connectivity index (χ0n) is 12.5. The Morgan fingerprint density at radius 3 is 2.60 bits per heavy atom. The minimum absolute atomic E-state index is 0.0126. The molecule has 0 atom stereocenters. The van der Waals surface area contributed by atoms with Gasteiger partial charge in [0.1, 0.15) is 5.75 Å². The van der Waals surface area contributed by atoms with E-state index in [0.717, 1.165) is 24.3 Å². The summed E-state index contributed by atoms with van der Waals surface area (Å²) in [5.41, 5.74) is 1.49. The molecule has 110 valence electrons. The number of phenolic OH excluding ortho intramolecular Hbond substituents is 1. The second kappa shape index (κ2) is 6.78. The van der Waals surface area contributed by atoms with Gasteiger partial charge in [0.2, 0.25) is 0 Å². The number of hydrogen-bond acceptors (Lipinski definition) is 2.